The molecule has 1 aromatic heterocycles. The van der Waals surface area contributed by atoms with E-state index in [1.807, 2.05) is 71.2 Å². The Morgan fingerprint density at radius 3 is 2.48 bits per heavy atom. The molecule has 6 heteroatoms. The zero-order valence-corrected chi connectivity index (χ0v) is 18.0. The third-order valence-electron chi connectivity index (χ3n) is 5.93. The van der Waals surface area contributed by atoms with Crippen molar-refractivity contribution in [3.63, 3.8) is 0 Å². The maximum atomic E-state index is 13.0. The molecular formula is C25H28N4O2. The molecule has 2 heterocycles. The number of likely N-dealkylation sites (tertiary alicyclic amines) is 1. The molecule has 31 heavy (non-hydrogen) atoms. The quantitative estimate of drug-likeness (QED) is 0.592. The zero-order chi connectivity index (χ0) is 21.8. The summed E-state index contributed by atoms with van der Waals surface area (Å²) in [6.07, 6.45) is 4.05. The van der Waals surface area contributed by atoms with Crippen molar-refractivity contribution in [2.75, 3.05) is 13.6 Å². The molecule has 1 saturated heterocycles. The van der Waals surface area contributed by atoms with Crippen molar-refractivity contribution in [3.8, 4) is 0 Å². The number of nitrogens with zero attached hydrogens (tertiary/aromatic N) is 4. The van der Waals surface area contributed by atoms with Gasteiger partial charge in [-0.15, -0.1) is 0 Å². The van der Waals surface area contributed by atoms with Crippen LogP contribution in [0.4, 0.5) is 0 Å². The minimum atomic E-state index is -0.303. The molecule has 0 aliphatic carbocycles. The van der Waals surface area contributed by atoms with Crippen LogP contribution < -0.4 is 0 Å². The first-order valence-corrected chi connectivity index (χ1v) is 10.7. The molecule has 1 aliphatic rings. The predicted molar refractivity (Wildman–Crippen MR) is 119 cm³/mol. The molecule has 0 bridgehead atoms. The molecule has 0 N–H and O–H groups in total. The molecule has 1 fully saturated rings. The van der Waals surface area contributed by atoms with Gasteiger partial charge >= 0.3 is 0 Å². The van der Waals surface area contributed by atoms with Crippen molar-refractivity contribution >= 4 is 11.8 Å². The minimum Gasteiger partial charge on any atom is -0.341 e. The molecule has 2 atom stereocenters. The second-order valence-electron chi connectivity index (χ2n) is 8.26. The number of rotatable bonds is 7. The van der Waals surface area contributed by atoms with Crippen molar-refractivity contribution in [1.29, 1.82) is 0 Å². The van der Waals surface area contributed by atoms with E-state index in [-0.39, 0.29) is 30.2 Å². The molecule has 1 aliphatic heterocycles. The van der Waals surface area contributed by atoms with Gasteiger partial charge in [0.1, 0.15) is 0 Å². The second kappa shape index (κ2) is 9.16. The van der Waals surface area contributed by atoms with Gasteiger partial charge in [-0.2, -0.15) is 5.10 Å². The van der Waals surface area contributed by atoms with Crippen molar-refractivity contribution in [1.82, 2.24) is 19.6 Å². The van der Waals surface area contributed by atoms with E-state index in [4.69, 9.17) is 0 Å². The maximum Gasteiger partial charge on any atom is 0.228 e. The van der Waals surface area contributed by atoms with Crippen LogP contribution in [-0.2, 0) is 22.7 Å². The van der Waals surface area contributed by atoms with Crippen molar-refractivity contribution in [3.05, 3.63) is 89.7 Å². The summed E-state index contributed by atoms with van der Waals surface area (Å²) in [7, 11) is 1.80. The first kappa shape index (κ1) is 20.8. The van der Waals surface area contributed by atoms with Crippen molar-refractivity contribution in [2.45, 2.75) is 32.5 Å². The van der Waals surface area contributed by atoms with Crippen LogP contribution in [-0.4, -0.2) is 45.0 Å². The van der Waals surface area contributed by atoms with Crippen molar-refractivity contribution in [2.24, 2.45) is 5.92 Å². The normalized spacial score (nSPS) is 17.0. The largest absolute Gasteiger partial charge is 0.341 e. The number of benzene rings is 2. The van der Waals surface area contributed by atoms with Gasteiger partial charge in [0, 0.05) is 38.3 Å². The fourth-order valence-electron chi connectivity index (χ4n) is 4.19. The minimum absolute atomic E-state index is 0.00641. The fourth-order valence-corrected chi connectivity index (χ4v) is 4.19. The molecular weight excluding hydrogens is 388 g/mol. The van der Waals surface area contributed by atoms with Gasteiger partial charge in [0.05, 0.1) is 24.7 Å². The summed E-state index contributed by atoms with van der Waals surface area (Å²) in [5, 5.41) is 4.42. The molecule has 0 spiro atoms. The molecule has 0 radical (unpaired) electrons. The van der Waals surface area contributed by atoms with E-state index in [1.54, 1.807) is 18.1 Å². The Hall–Kier alpha value is -3.41. The van der Waals surface area contributed by atoms with Crippen LogP contribution in [0.3, 0.4) is 0 Å². The van der Waals surface area contributed by atoms with Crippen LogP contribution in [0, 0.1) is 5.92 Å². The lowest BCUT2D eigenvalue weighted by Crippen LogP contribution is -2.34. The highest BCUT2D eigenvalue weighted by atomic mass is 16.2. The summed E-state index contributed by atoms with van der Waals surface area (Å²) in [5.74, 6) is -0.256. The van der Waals surface area contributed by atoms with Crippen LogP contribution in [0.5, 0.6) is 0 Å². The Balaban J connectivity index is 1.35. The van der Waals surface area contributed by atoms with Crippen LogP contribution in [0.2, 0.25) is 0 Å². The summed E-state index contributed by atoms with van der Waals surface area (Å²) in [5.41, 5.74) is 3.24. The van der Waals surface area contributed by atoms with Gasteiger partial charge in [0.25, 0.3) is 0 Å². The summed E-state index contributed by atoms with van der Waals surface area (Å²) in [6.45, 7) is 3.66. The highest BCUT2D eigenvalue weighted by Gasteiger charge is 2.38. The van der Waals surface area contributed by atoms with Crippen LogP contribution >= 0.6 is 0 Å². The van der Waals surface area contributed by atoms with E-state index in [2.05, 4.69) is 17.2 Å². The van der Waals surface area contributed by atoms with E-state index >= 15 is 0 Å². The third kappa shape index (κ3) is 4.85. The maximum absolute atomic E-state index is 13.0. The number of aromatic nitrogens is 2. The van der Waals surface area contributed by atoms with Gasteiger partial charge in [-0.3, -0.25) is 14.3 Å². The van der Waals surface area contributed by atoms with Crippen LogP contribution in [0.1, 0.15) is 36.1 Å². The molecule has 2 aromatic carbocycles. The number of amides is 2. The average Bonchev–Trinajstić information content (AvgIpc) is 3.40. The van der Waals surface area contributed by atoms with E-state index in [9.17, 15) is 9.59 Å². The number of carbonyl (C=O) groups is 2. The van der Waals surface area contributed by atoms with Gasteiger partial charge < -0.3 is 9.80 Å². The van der Waals surface area contributed by atoms with Crippen molar-refractivity contribution < 1.29 is 9.59 Å². The van der Waals surface area contributed by atoms with Gasteiger partial charge in [-0.1, -0.05) is 60.7 Å². The molecule has 160 valence electrons. The lowest BCUT2D eigenvalue weighted by molar-refractivity contribution is -0.135. The Labute approximate surface area is 183 Å². The molecule has 6 nitrogen and oxygen atoms in total. The average molecular weight is 417 g/mol. The topological polar surface area (TPSA) is 58.4 Å². The first-order chi connectivity index (χ1) is 15.0. The van der Waals surface area contributed by atoms with E-state index < -0.39 is 0 Å². The lowest BCUT2D eigenvalue weighted by atomic mass is 10.1. The van der Waals surface area contributed by atoms with E-state index in [0.29, 0.717) is 19.6 Å². The molecule has 0 unspecified atom stereocenters. The zero-order valence-electron chi connectivity index (χ0n) is 18.0. The Morgan fingerprint density at radius 2 is 1.77 bits per heavy atom. The van der Waals surface area contributed by atoms with Gasteiger partial charge in [-0.05, 0) is 18.1 Å². The van der Waals surface area contributed by atoms with Gasteiger partial charge in [0.2, 0.25) is 11.8 Å². The Kier molecular flexibility index (Phi) is 6.16. The summed E-state index contributed by atoms with van der Waals surface area (Å²) >= 11 is 0. The third-order valence-corrected chi connectivity index (χ3v) is 5.93. The highest BCUT2D eigenvalue weighted by molar-refractivity contribution is 5.89. The lowest BCUT2D eigenvalue weighted by Gasteiger charge is -2.26. The first-order valence-electron chi connectivity index (χ1n) is 10.7. The smallest absolute Gasteiger partial charge is 0.228 e. The number of carbonyl (C=O) groups excluding carboxylic acids is 2. The number of hydrogen-bond acceptors (Lipinski definition) is 3. The standard InChI is InChI=1S/C25H28N4O2/c1-19(22-11-7-4-8-12-22)29-18-23(13-24(29)30)25(31)27(2)15-21-14-26-28(17-21)16-20-9-5-3-6-10-20/h3-12,14,17,19,23H,13,15-16,18H2,1-2H3/t19-,23+/m1/s1. The van der Waals surface area contributed by atoms with Gasteiger partial charge in [-0.25, -0.2) is 0 Å². The molecule has 0 saturated carbocycles. The monoisotopic (exact) mass is 416 g/mol. The highest BCUT2D eigenvalue weighted by Crippen LogP contribution is 2.29. The molecule has 4 rings (SSSR count). The second-order valence-corrected chi connectivity index (χ2v) is 8.26. The number of hydrogen-bond donors (Lipinski definition) is 0. The SMILES string of the molecule is C[C@H](c1ccccc1)N1C[C@@H](C(=O)N(C)Cc2cnn(Cc3ccccc3)c2)CC1=O. The molecule has 3 aromatic rings. The summed E-state index contributed by atoms with van der Waals surface area (Å²) in [4.78, 5) is 29.2. The Bertz CT molecular complexity index is 1030. The Morgan fingerprint density at radius 1 is 1.10 bits per heavy atom. The molecule has 2 amide bonds. The predicted octanol–water partition coefficient (Wildman–Crippen LogP) is 3.50. The van der Waals surface area contributed by atoms with Gasteiger partial charge in [0.15, 0.2) is 0 Å². The summed E-state index contributed by atoms with van der Waals surface area (Å²) < 4.78 is 1.88. The van der Waals surface area contributed by atoms with Crippen LogP contribution in [0.15, 0.2) is 73.1 Å². The summed E-state index contributed by atoms with van der Waals surface area (Å²) in [6, 6.07) is 20.1. The van der Waals surface area contributed by atoms with E-state index in [1.165, 1.54) is 5.56 Å². The van der Waals surface area contributed by atoms with Crippen LogP contribution in [0.25, 0.3) is 0 Å². The van der Waals surface area contributed by atoms with E-state index in [0.717, 1.165) is 11.1 Å². The fraction of sp³-hybridized carbons (Fsp3) is 0.320.